The van der Waals surface area contributed by atoms with Crippen molar-refractivity contribution in [3.8, 4) is 6.07 Å². The third-order valence-corrected chi connectivity index (χ3v) is 3.03. The van der Waals surface area contributed by atoms with Crippen LogP contribution in [0.1, 0.15) is 32.3 Å². The first-order valence-corrected chi connectivity index (χ1v) is 5.77. The van der Waals surface area contributed by atoms with Gasteiger partial charge in [0.05, 0.1) is 6.07 Å². The summed E-state index contributed by atoms with van der Waals surface area (Å²) >= 11 is 0. The minimum absolute atomic E-state index is 0.200. The molecule has 0 unspecified atom stereocenters. The van der Waals surface area contributed by atoms with Crippen molar-refractivity contribution >= 4 is 5.91 Å². The molecule has 0 fully saturated rings. The molecule has 1 rings (SSSR count). The molecule has 0 bridgehead atoms. The number of pyridine rings is 1. The number of nitrogens with one attached hydrogen (secondary N) is 1. The molecule has 0 spiro atoms. The van der Waals surface area contributed by atoms with Gasteiger partial charge in [0.15, 0.2) is 0 Å². The smallest absolute Gasteiger partial charge is 0.240 e. The fourth-order valence-electron chi connectivity index (χ4n) is 1.63. The van der Waals surface area contributed by atoms with Crippen molar-refractivity contribution in [1.82, 2.24) is 10.3 Å². The van der Waals surface area contributed by atoms with Gasteiger partial charge in [0.2, 0.25) is 5.91 Å². The van der Waals surface area contributed by atoms with Crippen LogP contribution in [0.15, 0.2) is 24.5 Å². The Morgan fingerprint density at radius 2 is 2.24 bits per heavy atom. The predicted octanol–water partition coefficient (Wildman–Crippen LogP) is 2.03. The summed E-state index contributed by atoms with van der Waals surface area (Å²) in [5.41, 5.74) is 0.0299. The van der Waals surface area contributed by atoms with Gasteiger partial charge in [0.1, 0.15) is 5.41 Å². The molecular formula is C13H17N3O. The number of hydrogen-bond donors (Lipinski definition) is 1. The second kappa shape index (κ2) is 6.00. The fourth-order valence-corrected chi connectivity index (χ4v) is 1.63. The van der Waals surface area contributed by atoms with E-state index >= 15 is 0 Å². The summed E-state index contributed by atoms with van der Waals surface area (Å²) in [7, 11) is 0. The highest BCUT2D eigenvalue weighted by molar-refractivity contribution is 5.85. The first kappa shape index (κ1) is 13.2. The lowest BCUT2D eigenvalue weighted by molar-refractivity contribution is -0.128. The SMILES string of the molecule is CCC(C#N)(CC)C(=O)NCc1cccnc1. The van der Waals surface area contributed by atoms with Gasteiger partial charge in [-0.05, 0) is 24.5 Å². The lowest BCUT2D eigenvalue weighted by Crippen LogP contribution is -2.39. The minimum atomic E-state index is -0.901. The van der Waals surface area contributed by atoms with Crippen LogP contribution in [0, 0.1) is 16.7 Å². The Kier molecular flexibility index (Phi) is 4.65. The van der Waals surface area contributed by atoms with E-state index in [0.29, 0.717) is 19.4 Å². The number of nitrogens with zero attached hydrogens (tertiary/aromatic N) is 2. The van der Waals surface area contributed by atoms with Crippen molar-refractivity contribution < 1.29 is 4.79 Å². The highest BCUT2D eigenvalue weighted by Crippen LogP contribution is 2.25. The number of hydrogen-bond acceptors (Lipinski definition) is 3. The monoisotopic (exact) mass is 231 g/mol. The zero-order valence-corrected chi connectivity index (χ0v) is 10.2. The van der Waals surface area contributed by atoms with E-state index in [1.54, 1.807) is 12.4 Å². The maximum atomic E-state index is 12.0. The van der Waals surface area contributed by atoms with Crippen LogP contribution in [0.3, 0.4) is 0 Å². The highest BCUT2D eigenvalue weighted by Gasteiger charge is 2.34. The number of amides is 1. The molecular weight excluding hydrogens is 214 g/mol. The van der Waals surface area contributed by atoms with Crippen molar-refractivity contribution in [2.75, 3.05) is 0 Å². The second-order valence-electron chi connectivity index (χ2n) is 3.94. The third kappa shape index (κ3) is 3.04. The normalized spacial score (nSPS) is 10.6. The molecule has 1 amide bonds. The van der Waals surface area contributed by atoms with Gasteiger partial charge in [-0.3, -0.25) is 9.78 Å². The maximum absolute atomic E-state index is 12.0. The molecule has 0 saturated carbocycles. The first-order chi connectivity index (χ1) is 8.18. The van der Waals surface area contributed by atoms with Crippen LogP contribution in [0.4, 0.5) is 0 Å². The molecule has 1 aromatic rings. The molecule has 4 nitrogen and oxygen atoms in total. The largest absolute Gasteiger partial charge is 0.351 e. The Labute approximate surface area is 102 Å². The van der Waals surface area contributed by atoms with Crippen LogP contribution in [-0.2, 0) is 11.3 Å². The molecule has 17 heavy (non-hydrogen) atoms. The number of aromatic nitrogens is 1. The molecule has 1 aromatic heterocycles. The topological polar surface area (TPSA) is 65.8 Å². The summed E-state index contributed by atoms with van der Waals surface area (Å²) in [6, 6.07) is 5.83. The molecule has 1 heterocycles. The summed E-state index contributed by atoms with van der Waals surface area (Å²) in [6.45, 7) is 4.13. The summed E-state index contributed by atoms with van der Waals surface area (Å²) in [5.74, 6) is -0.200. The van der Waals surface area contributed by atoms with Gasteiger partial charge in [-0.1, -0.05) is 19.9 Å². The Bertz CT molecular complexity index is 404. The van der Waals surface area contributed by atoms with E-state index in [0.717, 1.165) is 5.56 Å². The lowest BCUT2D eigenvalue weighted by Gasteiger charge is -2.22. The van der Waals surface area contributed by atoms with E-state index in [-0.39, 0.29) is 5.91 Å². The van der Waals surface area contributed by atoms with Gasteiger partial charge in [-0.15, -0.1) is 0 Å². The van der Waals surface area contributed by atoms with Gasteiger partial charge in [-0.25, -0.2) is 0 Å². The average molecular weight is 231 g/mol. The van der Waals surface area contributed by atoms with Crippen molar-refractivity contribution in [3.63, 3.8) is 0 Å². The van der Waals surface area contributed by atoms with Gasteiger partial charge in [-0.2, -0.15) is 5.26 Å². The summed E-state index contributed by atoms with van der Waals surface area (Å²) in [5, 5.41) is 11.9. The van der Waals surface area contributed by atoms with Crippen LogP contribution in [0.5, 0.6) is 0 Å². The molecule has 1 N–H and O–H groups in total. The van der Waals surface area contributed by atoms with Crippen molar-refractivity contribution in [1.29, 1.82) is 5.26 Å². The average Bonchev–Trinajstić information content (AvgIpc) is 2.40. The molecule has 0 aliphatic carbocycles. The van der Waals surface area contributed by atoms with E-state index in [2.05, 4.69) is 16.4 Å². The Balaban J connectivity index is 2.64. The fraction of sp³-hybridized carbons (Fsp3) is 0.462. The summed E-state index contributed by atoms with van der Waals surface area (Å²) < 4.78 is 0. The van der Waals surface area contributed by atoms with Gasteiger partial charge >= 0.3 is 0 Å². The second-order valence-corrected chi connectivity index (χ2v) is 3.94. The number of nitriles is 1. The maximum Gasteiger partial charge on any atom is 0.240 e. The zero-order chi connectivity index (χ0) is 12.7. The van der Waals surface area contributed by atoms with Crippen molar-refractivity contribution in [2.24, 2.45) is 5.41 Å². The molecule has 4 heteroatoms. The van der Waals surface area contributed by atoms with Crippen molar-refractivity contribution in [3.05, 3.63) is 30.1 Å². The lowest BCUT2D eigenvalue weighted by atomic mass is 9.83. The van der Waals surface area contributed by atoms with Gasteiger partial charge < -0.3 is 5.32 Å². The van der Waals surface area contributed by atoms with E-state index in [1.165, 1.54) is 0 Å². The Morgan fingerprint density at radius 1 is 1.53 bits per heavy atom. The summed E-state index contributed by atoms with van der Waals surface area (Å²) in [4.78, 5) is 15.9. The molecule has 0 atom stereocenters. The molecule has 0 saturated heterocycles. The van der Waals surface area contributed by atoms with Gasteiger partial charge in [0.25, 0.3) is 0 Å². The molecule has 0 radical (unpaired) electrons. The van der Waals surface area contributed by atoms with Crippen LogP contribution in [0.25, 0.3) is 0 Å². The number of carbonyl (C=O) groups is 1. The van der Waals surface area contributed by atoms with Gasteiger partial charge in [0, 0.05) is 18.9 Å². The van der Waals surface area contributed by atoms with E-state index in [1.807, 2.05) is 26.0 Å². The molecule has 0 aliphatic rings. The number of rotatable bonds is 5. The van der Waals surface area contributed by atoms with Crippen LogP contribution >= 0.6 is 0 Å². The number of carbonyl (C=O) groups excluding carboxylic acids is 1. The van der Waals surface area contributed by atoms with Crippen LogP contribution < -0.4 is 5.32 Å². The van der Waals surface area contributed by atoms with Crippen molar-refractivity contribution in [2.45, 2.75) is 33.2 Å². The highest BCUT2D eigenvalue weighted by atomic mass is 16.2. The first-order valence-electron chi connectivity index (χ1n) is 5.77. The molecule has 0 aromatic carbocycles. The van der Waals surface area contributed by atoms with Crippen LogP contribution in [0.2, 0.25) is 0 Å². The van der Waals surface area contributed by atoms with Crippen LogP contribution in [-0.4, -0.2) is 10.9 Å². The third-order valence-electron chi connectivity index (χ3n) is 3.03. The Morgan fingerprint density at radius 3 is 2.71 bits per heavy atom. The van der Waals surface area contributed by atoms with E-state index in [4.69, 9.17) is 5.26 Å². The zero-order valence-electron chi connectivity index (χ0n) is 10.2. The molecule has 0 aliphatic heterocycles. The summed E-state index contributed by atoms with van der Waals surface area (Å²) in [6.07, 6.45) is 4.44. The Hall–Kier alpha value is -1.89. The minimum Gasteiger partial charge on any atom is -0.351 e. The van der Waals surface area contributed by atoms with E-state index < -0.39 is 5.41 Å². The quantitative estimate of drug-likeness (QED) is 0.843. The molecule has 90 valence electrons. The van der Waals surface area contributed by atoms with E-state index in [9.17, 15) is 4.79 Å². The predicted molar refractivity (Wildman–Crippen MR) is 64.7 cm³/mol. The standard InChI is InChI=1S/C13H17N3O/c1-3-13(4-2,10-14)12(17)16-9-11-6-5-7-15-8-11/h5-8H,3-4,9H2,1-2H3,(H,16,17).